The molecule has 0 unspecified atom stereocenters. The van der Waals surface area contributed by atoms with E-state index in [0.29, 0.717) is 12.1 Å². The van der Waals surface area contributed by atoms with E-state index in [1.165, 1.54) is 0 Å². The number of likely N-dealkylation sites (N-methyl/N-ethyl adjacent to an activating group) is 1. The van der Waals surface area contributed by atoms with Gasteiger partial charge in [0, 0.05) is 45.3 Å². The van der Waals surface area contributed by atoms with Crippen LogP contribution in [-0.4, -0.2) is 49.7 Å². The Labute approximate surface area is 91.0 Å². The Morgan fingerprint density at radius 1 is 1.40 bits per heavy atom. The highest BCUT2D eigenvalue weighted by Crippen LogP contribution is 2.16. The Hall–Kier alpha value is -0.610. The predicted octanol–water partition coefficient (Wildman–Crippen LogP) is 0.376. The summed E-state index contributed by atoms with van der Waals surface area (Å²) in [6.45, 7) is 2.68. The summed E-state index contributed by atoms with van der Waals surface area (Å²) in [5.41, 5.74) is 0. The van der Waals surface area contributed by atoms with Gasteiger partial charge in [-0.2, -0.15) is 0 Å². The Balaban J connectivity index is 1.71. The van der Waals surface area contributed by atoms with Crippen LogP contribution in [0.2, 0.25) is 0 Å². The van der Waals surface area contributed by atoms with Crippen LogP contribution in [-0.2, 0) is 9.53 Å². The van der Waals surface area contributed by atoms with Crippen molar-refractivity contribution in [2.75, 3.05) is 26.8 Å². The first-order chi connectivity index (χ1) is 7.27. The molecule has 0 saturated carbocycles. The fourth-order valence-electron chi connectivity index (χ4n) is 2.31. The van der Waals surface area contributed by atoms with Crippen molar-refractivity contribution in [1.82, 2.24) is 10.2 Å². The number of hydrogen-bond donors (Lipinski definition) is 1. The minimum Gasteiger partial charge on any atom is -0.381 e. The first-order valence-corrected chi connectivity index (χ1v) is 5.84. The normalized spacial score (nSPS) is 28.7. The lowest BCUT2D eigenvalue weighted by Gasteiger charge is -2.27. The molecule has 0 aromatic rings. The third kappa shape index (κ3) is 2.69. The average molecular weight is 212 g/mol. The molecule has 1 atom stereocenters. The number of rotatable bonds is 3. The van der Waals surface area contributed by atoms with Crippen LogP contribution in [0.4, 0.5) is 0 Å². The number of hydrogen-bond acceptors (Lipinski definition) is 3. The molecule has 2 saturated heterocycles. The van der Waals surface area contributed by atoms with Gasteiger partial charge in [0.15, 0.2) is 0 Å². The summed E-state index contributed by atoms with van der Waals surface area (Å²) in [7, 11) is 1.91. The smallest absolute Gasteiger partial charge is 0.222 e. The molecule has 0 aromatic carbocycles. The van der Waals surface area contributed by atoms with Crippen molar-refractivity contribution in [1.29, 1.82) is 0 Å². The second-order valence-corrected chi connectivity index (χ2v) is 4.49. The van der Waals surface area contributed by atoms with Gasteiger partial charge in [-0.3, -0.25) is 4.79 Å². The van der Waals surface area contributed by atoms with Crippen molar-refractivity contribution >= 4 is 5.91 Å². The molecule has 4 nitrogen and oxygen atoms in total. The predicted molar refractivity (Wildman–Crippen MR) is 57.6 cm³/mol. The molecule has 0 aliphatic carbocycles. The molecule has 2 aliphatic heterocycles. The van der Waals surface area contributed by atoms with Gasteiger partial charge in [-0.15, -0.1) is 0 Å². The SMILES string of the molecule is CN1C(=O)CC[C@@H]1CNC1CCOCC1. The maximum absolute atomic E-state index is 11.3. The van der Waals surface area contributed by atoms with Crippen LogP contribution in [0.15, 0.2) is 0 Å². The van der Waals surface area contributed by atoms with Crippen LogP contribution in [0, 0.1) is 0 Å². The third-order valence-corrected chi connectivity index (χ3v) is 3.50. The van der Waals surface area contributed by atoms with E-state index in [9.17, 15) is 4.79 Å². The number of carbonyl (C=O) groups excluding carboxylic acids is 1. The average Bonchev–Trinajstić information content (AvgIpc) is 2.59. The van der Waals surface area contributed by atoms with E-state index in [0.717, 1.165) is 45.4 Å². The van der Waals surface area contributed by atoms with E-state index in [2.05, 4.69) is 5.32 Å². The highest BCUT2D eigenvalue weighted by Gasteiger charge is 2.27. The maximum Gasteiger partial charge on any atom is 0.222 e. The van der Waals surface area contributed by atoms with E-state index < -0.39 is 0 Å². The number of likely N-dealkylation sites (tertiary alicyclic amines) is 1. The van der Waals surface area contributed by atoms with Gasteiger partial charge in [0.2, 0.25) is 5.91 Å². The van der Waals surface area contributed by atoms with Gasteiger partial charge in [0.25, 0.3) is 0 Å². The molecule has 2 aliphatic rings. The van der Waals surface area contributed by atoms with Crippen molar-refractivity contribution in [2.24, 2.45) is 0 Å². The molecular weight excluding hydrogens is 192 g/mol. The molecule has 86 valence electrons. The van der Waals surface area contributed by atoms with Gasteiger partial charge >= 0.3 is 0 Å². The second-order valence-electron chi connectivity index (χ2n) is 4.49. The summed E-state index contributed by atoms with van der Waals surface area (Å²) in [5.74, 6) is 0.286. The summed E-state index contributed by atoms with van der Waals surface area (Å²) in [5, 5.41) is 3.54. The minimum atomic E-state index is 0.286. The monoisotopic (exact) mass is 212 g/mol. The summed E-state index contributed by atoms with van der Waals surface area (Å²) in [4.78, 5) is 13.2. The molecule has 15 heavy (non-hydrogen) atoms. The van der Waals surface area contributed by atoms with Crippen molar-refractivity contribution in [3.63, 3.8) is 0 Å². The first kappa shape index (κ1) is 10.9. The lowest BCUT2D eigenvalue weighted by Crippen LogP contribution is -2.43. The largest absolute Gasteiger partial charge is 0.381 e. The number of amides is 1. The molecule has 2 fully saturated rings. The number of ether oxygens (including phenoxy) is 1. The summed E-state index contributed by atoms with van der Waals surface area (Å²) < 4.78 is 5.31. The number of nitrogens with one attached hydrogen (secondary N) is 1. The molecule has 1 N–H and O–H groups in total. The molecule has 0 radical (unpaired) electrons. The lowest BCUT2D eigenvalue weighted by molar-refractivity contribution is -0.127. The van der Waals surface area contributed by atoms with Gasteiger partial charge in [-0.25, -0.2) is 0 Å². The summed E-state index contributed by atoms with van der Waals surface area (Å²) in [6, 6.07) is 0.989. The summed E-state index contributed by atoms with van der Waals surface area (Å²) in [6.07, 6.45) is 3.93. The Bertz CT molecular complexity index is 227. The number of carbonyl (C=O) groups is 1. The van der Waals surface area contributed by atoms with E-state index >= 15 is 0 Å². The highest BCUT2D eigenvalue weighted by molar-refractivity contribution is 5.78. The van der Waals surface area contributed by atoms with Crippen LogP contribution in [0.5, 0.6) is 0 Å². The molecule has 0 spiro atoms. The molecule has 1 amide bonds. The van der Waals surface area contributed by atoms with E-state index in [1.807, 2.05) is 11.9 Å². The maximum atomic E-state index is 11.3. The van der Waals surface area contributed by atoms with E-state index in [4.69, 9.17) is 4.74 Å². The zero-order chi connectivity index (χ0) is 10.7. The quantitative estimate of drug-likeness (QED) is 0.735. The second kappa shape index (κ2) is 4.94. The van der Waals surface area contributed by atoms with Crippen molar-refractivity contribution in [3.8, 4) is 0 Å². The van der Waals surface area contributed by atoms with Gasteiger partial charge in [-0.1, -0.05) is 0 Å². The molecule has 2 heterocycles. The first-order valence-electron chi connectivity index (χ1n) is 5.84. The Morgan fingerprint density at radius 3 is 2.73 bits per heavy atom. The highest BCUT2D eigenvalue weighted by atomic mass is 16.5. The zero-order valence-corrected chi connectivity index (χ0v) is 9.37. The Morgan fingerprint density at radius 2 is 2.13 bits per heavy atom. The molecule has 4 heteroatoms. The van der Waals surface area contributed by atoms with Crippen molar-refractivity contribution in [2.45, 2.75) is 37.8 Å². The lowest BCUT2D eigenvalue weighted by atomic mass is 10.1. The van der Waals surface area contributed by atoms with Gasteiger partial charge in [0.05, 0.1) is 0 Å². The number of nitrogens with zero attached hydrogens (tertiary/aromatic N) is 1. The molecule has 2 rings (SSSR count). The third-order valence-electron chi connectivity index (χ3n) is 3.50. The fraction of sp³-hybridized carbons (Fsp3) is 0.909. The molecular formula is C11H20N2O2. The van der Waals surface area contributed by atoms with Gasteiger partial charge in [-0.05, 0) is 19.3 Å². The van der Waals surface area contributed by atoms with Crippen molar-refractivity contribution < 1.29 is 9.53 Å². The van der Waals surface area contributed by atoms with Gasteiger partial charge < -0.3 is 15.0 Å². The molecule has 0 bridgehead atoms. The van der Waals surface area contributed by atoms with Crippen LogP contribution >= 0.6 is 0 Å². The zero-order valence-electron chi connectivity index (χ0n) is 9.37. The molecule has 0 aromatic heterocycles. The summed E-state index contributed by atoms with van der Waals surface area (Å²) >= 11 is 0. The minimum absolute atomic E-state index is 0.286. The Kier molecular flexibility index (Phi) is 3.59. The van der Waals surface area contributed by atoms with E-state index in [-0.39, 0.29) is 5.91 Å². The van der Waals surface area contributed by atoms with Crippen LogP contribution in [0.1, 0.15) is 25.7 Å². The van der Waals surface area contributed by atoms with Crippen LogP contribution in [0.25, 0.3) is 0 Å². The fourth-order valence-corrected chi connectivity index (χ4v) is 2.31. The van der Waals surface area contributed by atoms with Crippen LogP contribution in [0.3, 0.4) is 0 Å². The standard InChI is InChI=1S/C11H20N2O2/c1-13-10(2-3-11(13)14)8-12-9-4-6-15-7-5-9/h9-10,12H,2-8H2,1H3/t10-/m1/s1. The van der Waals surface area contributed by atoms with Gasteiger partial charge in [0.1, 0.15) is 0 Å². The topological polar surface area (TPSA) is 41.6 Å². The van der Waals surface area contributed by atoms with E-state index in [1.54, 1.807) is 0 Å². The van der Waals surface area contributed by atoms with Crippen molar-refractivity contribution in [3.05, 3.63) is 0 Å². The van der Waals surface area contributed by atoms with Crippen LogP contribution < -0.4 is 5.32 Å².